The van der Waals surface area contributed by atoms with Gasteiger partial charge in [0, 0.05) is 19.8 Å². The standard InChI is InChI=1S/C12H15N7/c1-9(13-7-10-8-14-17-18(10)2)12-16-15-11-5-3-4-6-19(11)12/h3-6,8-9,13H,7H2,1-2H3. The molecule has 1 N–H and O–H groups in total. The van der Waals surface area contributed by atoms with E-state index in [0.717, 1.165) is 17.2 Å². The second-order valence-electron chi connectivity index (χ2n) is 4.44. The van der Waals surface area contributed by atoms with E-state index in [4.69, 9.17) is 0 Å². The van der Waals surface area contributed by atoms with Gasteiger partial charge in [-0.15, -0.1) is 15.3 Å². The van der Waals surface area contributed by atoms with Crippen LogP contribution in [0.3, 0.4) is 0 Å². The van der Waals surface area contributed by atoms with E-state index in [0.29, 0.717) is 6.54 Å². The number of hydrogen-bond acceptors (Lipinski definition) is 5. The van der Waals surface area contributed by atoms with E-state index in [1.54, 1.807) is 10.9 Å². The first-order chi connectivity index (χ1) is 9.25. The fourth-order valence-electron chi connectivity index (χ4n) is 1.98. The van der Waals surface area contributed by atoms with Crippen molar-refractivity contribution in [2.24, 2.45) is 7.05 Å². The maximum absolute atomic E-state index is 4.23. The van der Waals surface area contributed by atoms with Crippen molar-refractivity contribution >= 4 is 5.65 Å². The number of fused-ring (bicyclic) bond motifs is 1. The first-order valence-electron chi connectivity index (χ1n) is 6.12. The highest BCUT2D eigenvalue weighted by atomic mass is 15.4. The molecule has 19 heavy (non-hydrogen) atoms. The van der Waals surface area contributed by atoms with Crippen LogP contribution in [0, 0.1) is 0 Å². The Labute approximate surface area is 110 Å². The lowest BCUT2D eigenvalue weighted by atomic mass is 10.3. The molecule has 3 rings (SSSR count). The fraction of sp³-hybridized carbons (Fsp3) is 0.333. The van der Waals surface area contributed by atoms with Gasteiger partial charge in [0.1, 0.15) is 0 Å². The van der Waals surface area contributed by atoms with Crippen LogP contribution in [0.2, 0.25) is 0 Å². The molecule has 3 heterocycles. The van der Waals surface area contributed by atoms with Gasteiger partial charge in [0.05, 0.1) is 17.9 Å². The number of aryl methyl sites for hydroxylation is 1. The zero-order valence-electron chi connectivity index (χ0n) is 10.9. The summed E-state index contributed by atoms with van der Waals surface area (Å²) >= 11 is 0. The number of pyridine rings is 1. The lowest BCUT2D eigenvalue weighted by Gasteiger charge is -2.11. The molecule has 0 aliphatic carbocycles. The van der Waals surface area contributed by atoms with E-state index in [-0.39, 0.29) is 6.04 Å². The van der Waals surface area contributed by atoms with Crippen LogP contribution in [0.15, 0.2) is 30.6 Å². The molecular weight excluding hydrogens is 242 g/mol. The van der Waals surface area contributed by atoms with Crippen molar-refractivity contribution in [3.05, 3.63) is 42.1 Å². The van der Waals surface area contributed by atoms with E-state index < -0.39 is 0 Å². The molecule has 7 heteroatoms. The van der Waals surface area contributed by atoms with Crippen LogP contribution in [-0.4, -0.2) is 29.6 Å². The van der Waals surface area contributed by atoms with Crippen molar-refractivity contribution in [1.82, 2.24) is 34.9 Å². The topological polar surface area (TPSA) is 72.9 Å². The van der Waals surface area contributed by atoms with Crippen molar-refractivity contribution in [3.8, 4) is 0 Å². The lowest BCUT2D eigenvalue weighted by Crippen LogP contribution is -2.21. The maximum atomic E-state index is 4.23. The number of rotatable bonds is 4. The molecule has 3 aromatic rings. The predicted octanol–water partition coefficient (Wildman–Crippen LogP) is 0.709. The van der Waals surface area contributed by atoms with Gasteiger partial charge < -0.3 is 5.32 Å². The first-order valence-corrected chi connectivity index (χ1v) is 6.12. The van der Waals surface area contributed by atoms with Gasteiger partial charge in [0.2, 0.25) is 0 Å². The summed E-state index contributed by atoms with van der Waals surface area (Å²) in [4.78, 5) is 0. The second kappa shape index (κ2) is 4.77. The van der Waals surface area contributed by atoms with Crippen LogP contribution in [0.1, 0.15) is 24.5 Å². The Bertz CT molecular complexity index is 684. The molecule has 0 fully saturated rings. The Morgan fingerprint density at radius 2 is 2.21 bits per heavy atom. The molecule has 7 nitrogen and oxygen atoms in total. The number of nitrogens with zero attached hydrogens (tertiary/aromatic N) is 6. The minimum Gasteiger partial charge on any atom is -0.302 e. The minimum atomic E-state index is 0.0901. The number of aromatic nitrogens is 6. The SMILES string of the molecule is CC(NCc1cnnn1C)c1nnc2ccccn12. The summed E-state index contributed by atoms with van der Waals surface area (Å²) in [6.07, 6.45) is 3.72. The van der Waals surface area contributed by atoms with Crippen molar-refractivity contribution in [3.63, 3.8) is 0 Å². The minimum absolute atomic E-state index is 0.0901. The van der Waals surface area contributed by atoms with Crippen molar-refractivity contribution < 1.29 is 0 Å². The molecule has 0 saturated carbocycles. The van der Waals surface area contributed by atoms with Gasteiger partial charge in [-0.05, 0) is 19.1 Å². The molecule has 1 atom stereocenters. The highest BCUT2D eigenvalue weighted by Gasteiger charge is 2.13. The van der Waals surface area contributed by atoms with Gasteiger partial charge in [-0.1, -0.05) is 11.3 Å². The predicted molar refractivity (Wildman–Crippen MR) is 69.2 cm³/mol. The smallest absolute Gasteiger partial charge is 0.160 e. The zero-order chi connectivity index (χ0) is 13.2. The quantitative estimate of drug-likeness (QED) is 0.745. The highest BCUT2D eigenvalue weighted by molar-refractivity contribution is 5.37. The zero-order valence-corrected chi connectivity index (χ0v) is 10.9. The van der Waals surface area contributed by atoms with Crippen LogP contribution in [0.25, 0.3) is 5.65 Å². The summed E-state index contributed by atoms with van der Waals surface area (Å²) in [5.74, 6) is 0.894. The number of nitrogens with one attached hydrogen (secondary N) is 1. The van der Waals surface area contributed by atoms with Gasteiger partial charge >= 0.3 is 0 Å². The third-order valence-corrected chi connectivity index (χ3v) is 3.12. The molecule has 0 amide bonds. The van der Waals surface area contributed by atoms with E-state index in [1.807, 2.05) is 35.8 Å². The van der Waals surface area contributed by atoms with Crippen molar-refractivity contribution in [2.75, 3.05) is 0 Å². The normalized spacial score (nSPS) is 12.9. The molecule has 0 aromatic carbocycles. The molecular formula is C12H15N7. The average Bonchev–Trinajstić information content (AvgIpc) is 3.02. The molecule has 0 aliphatic heterocycles. The molecule has 0 bridgehead atoms. The Morgan fingerprint density at radius 3 is 3.00 bits per heavy atom. The summed E-state index contributed by atoms with van der Waals surface area (Å²) in [5.41, 5.74) is 1.88. The molecule has 3 aromatic heterocycles. The van der Waals surface area contributed by atoms with Gasteiger partial charge in [-0.25, -0.2) is 0 Å². The lowest BCUT2D eigenvalue weighted by molar-refractivity contribution is 0.521. The van der Waals surface area contributed by atoms with Crippen LogP contribution in [-0.2, 0) is 13.6 Å². The summed E-state index contributed by atoms with van der Waals surface area (Å²) in [7, 11) is 1.88. The summed E-state index contributed by atoms with van der Waals surface area (Å²) < 4.78 is 3.74. The summed E-state index contributed by atoms with van der Waals surface area (Å²) in [6, 6.07) is 5.95. The summed E-state index contributed by atoms with van der Waals surface area (Å²) in [6.45, 7) is 2.75. The Hall–Kier alpha value is -2.28. The molecule has 0 saturated heterocycles. The van der Waals surface area contributed by atoms with Crippen molar-refractivity contribution in [1.29, 1.82) is 0 Å². The van der Waals surface area contributed by atoms with Gasteiger partial charge in [-0.2, -0.15) is 0 Å². The summed E-state index contributed by atoms with van der Waals surface area (Å²) in [5, 5.41) is 19.5. The monoisotopic (exact) mass is 257 g/mol. The third kappa shape index (κ3) is 2.19. The second-order valence-corrected chi connectivity index (χ2v) is 4.44. The maximum Gasteiger partial charge on any atom is 0.160 e. The van der Waals surface area contributed by atoms with Crippen molar-refractivity contribution in [2.45, 2.75) is 19.5 Å². The van der Waals surface area contributed by atoms with Crippen LogP contribution in [0.4, 0.5) is 0 Å². The molecule has 0 radical (unpaired) electrons. The average molecular weight is 257 g/mol. The first kappa shape index (κ1) is 11.8. The van der Waals surface area contributed by atoms with E-state index in [2.05, 4.69) is 32.7 Å². The Kier molecular flexibility index (Phi) is 2.96. The van der Waals surface area contributed by atoms with E-state index >= 15 is 0 Å². The van der Waals surface area contributed by atoms with Crippen LogP contribution in [0.5, 0.6) is 0 Å². The van der Waals surface area contributed by atoms with Gasteiger partial charge in [0.15, 0.2) is 11.5 Å². The fourth-order valence-corrected chi connectivity index (χ4v) is 1.98. The third-order valence-electron chi connectivity index (χ3n) is 3.12. The largest absolute Gasteiger partial charge is 0.302 e. The van der Waals surface area contributed by atoms with Gasteiger partial charge in [0.25, 0.3) is 0 Å². The van der Waals surface area contributed by atoms with Gasteiger partial charge in [-0.3, -0.25) is 9.08 Å². The molecule has 98 valence electrons. The van der Waals surface area contributed by atoms with E-state index in [9.17, 15) is 0 Å². The molecule has 0 aliphatic rings. The van der Waals surface area contributed by atoms with Crippen LogP contribution >= 0.6 is 0 Å². The van der Waals surface area contributed by atoms with Crippen LogP contribution < -0.4 is 5.32 Å². The molecule has 1 unspecified atom stereocenters. The Morgan fingerprint density at radius 1 is 1.32 bits per heavy atom. The van der Waals surface area contributed by atoms with E-state index in [1.165, 1.54) is 0 Å². The number of hydrogen-bond donors (Lipinski definition) is 1. The highest BCUT2D eigenvalue weighted by Crippen LogP contribution is 2.12. The Balaban J connectivity index is 1.77. The molecule has 0 spiro atoms.